The average molecular weight is 415 g/mol. The van der Waals surface area contributed by atoms with Crippen molar-refractivity contribution in [1.82, 2.24) is 10.6 Å². The third kappa shape index (κ3) is 10.6. The Kier molecular flexibility index (Phi) is 13.2. The van der Waals surface area contributed by atoms with Crippen LogP contribution in [0.2, 0.25) is 0 Å². The van der Waals surface area contributed by atoms with Gasteiger partial charge in [0.25, 0.3) is 5.91 Å². The van der Waals surface area contributed by atoms with Crippen LogP contribution in [0, 0.1) is 0 Å². The van der Waals surface area contributed by atoms with Crippen LogP contribution in [-0.2, 0) is 4.79 Å². The molecule has 1 aliphatic carbocycles. The molecule has 1 fully saturated rings. The van der Waals surface area contributed by atoms with E-state index in [0.29, 0.717) is 32.1 Å². The molecule has 0 aromatic rings. The van der Waals surface area contributed by atoms with E-state index in [9.17, 15) is 13.6 Å². The minimum Gasteiger partial charge on any atom is -0.396 e. The first-order valence-corrected chi connectivity index (χ1v) is 10.7. The molecular formula is C22H36F2N2O3. The average Bonchev–Trinajstić information content (AvgIpc) is 3.13. The van der Waals surface area contributed by atoms with E-state index in [0.717, 1.165) is 38.5 Å². The predicted octanol–water partition coefficient (Wildman–Crippen LogP) is 3.94. The summed E-state index contributed by atoms with van der Waals surface area (Å²) in [5, 5.41) is 23.2. The number of rotatable bonds is 15. The summed E-state index contributed by atoms with van der Waals surface area (Å²) in [5.41, 5.74) is 0.179. The maximum Gasteiger partial charge on any atom is 0.279 e. The fourth-order valence-electron chi connectivity index (χ4n) is 3.37. The highest BCUT2D eigenvalue weighted by Crippen LogP contribution is 2.22. The van der Waals surface area contributed by atoms with Crippen molar-refractivity contribution in [3.63, 3.8) is 0 Å². The quantitative estimate of drug-likeness (QED) is 0.186. The lowest BCUT2D eigenvalue weighted by atomic mass is 10.1. The van der Waals surface area contributed by atoms with E-state index in [2.05, 4.69) is 17.2 Å². The van der Waals surface area contributed by atoms with Gasteiger partial charge in [0.1, 0.15) is 5.83 Å². The summed E-state index contributed by atoms with van der Waals surface area (Å²) in [5.74, 6) is -1.95. The number of carbonyl (C=O) groups excluding carboxylic acids is 1. The fraction of sp³-hybridized carbons (Fsp3) is 0.682. The molecule has 0 aromatic carbocycles. The van der Waals surface area contributed by atoms with Gasteiger partial charge in [0.15, 0.2) is 5.83 Å². The van der Waals surface area contributed by atoms with Crippen molar-refractivity contribution < 1.29 is 23.8 Å². The Labute approximate surface area is 173 Å². The van der Waals surface area contributed by atoms with Crippen molar-refractivity contribution in [2.45, 2.75) is 82.7 Å². The van der Waals surface area contributed by atoms with Gasteiger partial charge in [-0.1, -0.05) is 19.4 Å². The summed E-state index contributed by atoms with van der Waals surface area (Å²) in [4.78, 5) is 12.1. The Hall–Kier alpha value is -1.73. The number of amides is 1. The molecule has 0 aromatic heterocycles. The number of carbonyl (C=O) groups is 1. The van der Waals surface area contributed by atoms with E-state index in [-0.39, 0.29) is 31.0 Å². The van der Waals surface area contributed by atoms with Crippen molar-refractivity contribution in [3.8, 4) is 0 Å². The van der Waals surface area contributed by atoms with Crippen LogP contribution in [0.15, 0.2) is 36.1 Å². The molecule has 0 spiro atoms. The standard InChI is InChI=1S/C22H36F2N2O3/c1-17(18(23)11-6-2-4-8-15-27)25-20-13-10-14-21(20)26-22(29)19(24)12-7-3-5-9-16-28/h11-12,20-21,25,27-28H,1-10,13-16H2,(H,26,29)/b18-11+,19-12+/t20-,21+/m0/s1. The summed E-state index contributed by atoms with van der Waals surface area (Å²) in [6.07, 6.45) is 10.6. The molecule has 29 heavy (non-hydrogen) atoms. The topological polar surface area (TPSA) is 81.6 Å². The molecule has 1 rings (SSSR count). The Bertz CT molecular complexity index is 516. The van der Waals surface area contributed by atoms with E-state index in [1.54, 1.807) is 0 Å². The first kappa shape index (κ1) is 25.3. The van der Waals surface area contributed by atoms with Crippen molar-refractivity contribution in [2.24, 2.45) is 0 Å². The lowest BCUT2D eigenvalue weighted by molar-refractivity contribution is -0.119. The number of unbranched alkanes of at least 4 members (excludes halogenated alkanes) is 6. The van der Waals surface area contributed by atoms with Crippen molar-refractivity contribution in [3.05, 3.63) is 36.1 Å². The highest BCUT2D eigenvalue weighted by atomic mass is 19.1. The summed E-state index contributed by atoms with van der Waals surface area (Å²) in [6, 6.07) is -0.456. The number of hydrogen-bond acceptors (Lipinski definition) is 4. The second-order valence-corrected chi connectivity index (χ2v) is 7.49. The van der Waals surface area contributed by atoms with Gasteiger partial charge in [-0.3, -0.25) is 4.79 Å². The summed E-state index contributed by atoms with van der Waals surface area (Å²) in [6.45, 7) is 4.00. The molecule has 0 bridgehead atoms. The van der Waals surface area contributed by atoms with Crippen LogP contribution in [0.25, 0.3) is 0 Å². The van der Waals surface area contributed by atoms with Gasteiger partial charge >= 0.3 is 0 Å². The van der Waals surface area contributed by atoms with Crippen LogP contribution >= 0.6 is 0 Å². The Morgan fingerprint density at radius 2 is 1.38 bits per heavy atom. The minimum absolute atomic E-state index is 0.119. The molecule has 1 amide bonds. The SMILES string of the molecule is C=C(N[C@H]1CCC[C@H]1NC(=O)/C(F)=C\CCCCCO)/C(F)=C\CCCCCO. The van der Waals surface area contributed by atoms with E-state index >= 15 is 0 Å². The summed E-state index contributed by atoms with van der Waals surface area (Å²) < 4.78 is 28.2. The molecule has 2 atom stereocenters. The Morgan fingerprint density at radius 1 is 0.862 bits per heavy atom. The molecule has 1 aliphatic rings. The van der Waals surface area contributed by atoms with Gasteiger partial charge in [0.05, 0.1) is 5.70 Å². The van der Waals surface area contributed by atoms with Crippen LogP contribution in [0.5, 0.6) is 0 Å². The van der Waals surface area contributed by atoms with E-state index in [1.165, 1.54) is 12.2 Å². The normalized spacial score (nSPS) is 20.0. The Balaban J connectivity index is 2.43. The second-order valence-electron chi connectivity index (χ2n) is 7.49. The number of nitrogens with one attached hydrogen (secondary N) is 2. The number of allylic oxidation sites excluding steroid dienone is 3. The Morgan fingerprint density at radius 3 is 1.93 bits per heavy atom. The number of aliphatic hydroxyl groups is 2. The minimum atomic E-state index is -0.799. The molecule has 4 N–H and O–H groups in total. The summed E-state index contributed by atoms with van der Waals surface area (Å²) in [7, 11) is 0. The van der Waals surface area contributed by atoms with Gasteiger partial charge in [-0.15, -0.1) is 0 Å². The van der Waals surface area contributed by atoms with Crippen LogP contribution in [0.3, 0.4) is 0 Å². The molecule has 0 saturated heterocycles. The molecule has 0 radical (unpaired) electrons. The number of hydrogen-bond donors (Lipinski definition) is 4. The fourth-order valence-corrected chi connectivity index (χ4v) is 3.37. The molecule has 0 aliphatic heterocycles. The lowest BCUT2D eigenvalue weighted by Crippen LogP contribution is -2.46. The predicted molar refractivity (Wildman–Crippen MR) is 111 cm³/mol. The molecular weight excluding hydrogens is 378 g/mol. The third-order valence-electron chi connectivity index (χ3n) is 5.07. The zero-order valence-corrected chi connectivity index (χ0v) is 17.3. The number of halogens is 2. The van der Waals surface area contributed by atoms with E-state index in [1.807, 2.05) is 0 Å². The molecule has 1 saturated carbocycles. The maximum atomic E-state index is 14.2. The first-order chi connectivity index (χ1) is 14.0. The van der Waals surface area contributed by atoms with Crippen molar-refractivity contribution in [2.75, 3.05) is 13.2 Å². The largest absolute Gasteiger partial charge is 0.396 e. The molecule has 7 heteroatoms. The van der Waals surface area contributed by atoms with E-state index in [4.69, 9.17) is 10.2 Å². The molecule has 0 unspecified atom stereocenters. The van der Waals surface area contributed by atoms with Crippen LogP contribution < -0.4 is 10.6 Å². The van der Waals surface area contributed by atoms with Gasteiger partial charge in [-0.25, -0.2) is 8.78 Å². The molecule has 166 valence electrons. The lowest BCUT2D eigenvalue weighted by Gasteiger charge is -2.23. The van der Waals surface area contributed by atoms with Gasteiger partial charge in [-0.2, -0.15) is 0 Å². The van der Waals surface area contributed by atoms with Crippen molar-refractivity contribution >= 4 is 5.91 Å². The van der Waals surface area contributed by atoms with Gasteiger partial charge in [0, 0.05) is 25.3 Å². The maximum absolute atomic E-state index is 14.2. The third-order valence-corrected chi connectivity index (χ3v) is 5.07. The van der Waals surface area contributed by atoms with Gasteiger partial charge < -0.3 is 20.8 Å². The van der Waals surface area contributed by atoms with Crippen LogP contribution in [0.1, 0.15) is 70.6 Å². The first-order valence-electron chi connectivity index (χ1n) is 10.7. The van der Waals surface area contributed by atoms with Crippen LogP contribution in [0.4, 0.5) is 8.78 Å². The van der Waals surface area contributed by atoms with Crippen LogP contribution in [-0.4, -0.2) is 41.4 Å². The summed E-state index contributed by atoms with van der Waals surface area (Å²) >= 11 is 0. The van der Waals surface area contributed by atoms with Crippen molar-refractivity contribution in [1.29, 1.82) is 0 Å². The highest BCUT2D eigenvalue weighted by molar-refractivity contribution is 5.91. The highest BCUT2D eigenvalue weighted by Gasteiger charge is 2.30. The van der Waals surface area contributed by atoms with Gasteiger partial charge in [0.2, 0.25) is 0 Å². The van der Waals surface area contributed by atoms with E-state index < -0.39 is 17.6 Å². The zero-order chi connectivity index (χ0) is 21.5. The smallest absolute Gasteiger partial charge is 0.279 e. The molecule has 0 heterocycles. The second kappa shape index (κ2) is 15.2. The number of aliphatic hydroxyl groups excluding tert-OH is 2. The monoisotopic (exact) mass is 414 g/mol. The van der Waals surface area contributed by atoms with Gasteiger partial charge in [-0.05, 0) is 69.9 Å². The zero-order valence-electron chi connectivity index (χ0n) is 17.3. The molecule has 5 nitrogen and oxygen atoms in total.